The van der Waals surface area contributed by atoms with Crippen LogP contribution in [0.3, 0.4) is 0 Å². The minimum absolute atomic E-state index is 0.0163. The van der Waals surface area contributed by atoms with Crippen LogP contribution < -0.4 is 0 Å². The van der Waals surface area contributed by atoms with Crippen molar-refractivity contribution in [1.29, 1.82) is 0 Å². The van der Waals surface area contributed by atoms with Gasteiger partial charge < -0.3 is 15.3 Å². The molecule has 4 nitrogen and oxygen atoms in total. The molecule has 8 atom stereocenters. The van der Waals surface area contributed by atoms with Gasteiger partial charge in [-0.2, -0.15) is 0 Å². The average Bonchev–Trinajstić information content (AvgIpc) is 2.82. The van der Waals surface area contributed by atoms with E-state index >= 15 is 0 Å². The summed E-state index contributed by atoms with van der Waals surface area (Å²) in [6.45, 7) is 5.96. The van der Waals surface area contributed by atoms with Gasteiger partial charge in [0.25, 0.3) is 0 Å². The minimum atomic E-state index is -1.16. The van der Waals surface area contributed by atoms with Crippen LogP contribution in [0.4, 0.5) is 0 Å². The van der Waals surface area contributed by atoms with Crippen LogP contribution in [0.25, 0.3) is 0 Å². The standard InChI is InChI=1S/C21H34O4/c1-13(22)16-6-11-21(25)19(16,3)9-7-17-18(2)8-5-15(23)12-14(18)4-10-20(17,21)24/h14-17,23-25H,4-12H2,1-3H3. The maximum Gasteiger partial charge on any atom is 0.133 e. The zero-order valence-electron chi connectivity index (χ0n) is 15.9. The summed E-state index contributed by atoms with van der Waals surface area (Å²) in [6.07, 6.45) is 6.71. The molecule has 4 aliphatic rings. The van der Waals surface area contributed by atoms with Gasteiger partial charge in [-0.05, 0) is 82.0 Å². The Labute approximate surface area is 151 Å². The molecule has 25 heavy (non-hydrogen) atoms. The monoisotopic (exact) mass is 350 g/mol. The van der Waals surface area contributed by atoms with Crippen LogP contribution in [-0.4, -0.2) is 38.4 Å². The number of rotatable bonds is 1. The fraction of sp³-hybridized carbons (Fsp3) is 0.952. The molecular weight excluding hydrogens is 316 g/mol. The smallest absolute Gasteiger partial charge is 0.133 e. The predicted octanol–water partition coefficient (Wildman–Crippen LogP) is 2.83. The average molecular weight is 350 g/mol. The summed E-state index contributed by atoms with van der Waals surface area (Å²) in [5.41, 5.74) is -2.79. The van der Waals surface area contributed by atoms with Crippen LogP contribution >= 0.6 is 0 Å². The normalized spacial score (nSPS) is 58.2. The fourth-order valence-corrected chi connectivity index (χ4v) is 7.91. The number of hydrogen-bond acceptors (Lipinski definition) is 4. The highest BCUT2D eigenvalue weighted by Crippen LogP contribution is 2.70. The summed E-state index contributed by atoms with van der Waals surface area (Å²) >= 11 is 0. The predicted molar refractivity (Wildman–Crippen MR) is 94.8 cm³/mol. The number of carbonyl (C=O) groups is 1. The van der Waals surface area contributed by atoms with Crippen molar-refractivity contribution in [3.8, 4) is 0 Å². The molecule has 0 aliphatic heterocycles. The van der Waals surface area contributed by atoms with Gasteiger partial charge in [-0.25, -0.2) is 0 Å². The van der Waals surface area contributed by atoms with E-state index in [0.29, 0.717) is 25.2 Å². The third-order valence-corrected chi connectivity index (χ3v) is 9.42. The lowest BCUT2D eigenvalue weighted by molar-refractivity contribution is -0.296. The summed E-state index contributed by atoms with van der Waals surface area (Å²) < 4.78 is 0. The van der Waals surface area contributed by atoms with Crippen molar-refractivity contribution < 1.29 is 20.1 Å². The molecular formula is C21H34O4. The Balaban J connectivity index is 1.75. The number of ketones is 1. The molecule has 8 unspecified atom stereocenters. The summed E-state index contributed by atoms with van der Waals surface area (Å²) in [7, 11) is 0. The Morgan fingerprint density at radius 2 is 1.68 bits per heavy atom. The first-order valence-corrected chi connectivity index (χ1v) is 10.2. The molecule has 4 heteroatoms. The molecule has 0 spiro atoms. The molecule has 0 bridgehead atoms. The minimum Gasteiger partial charge on any atom is -0.393 e. The number of hydrogen-bond donors (Lipinski definition) is 3. The van der Waals surface area contributed by atoms with Gasteiger partial charge in [-0.1, -0.05) is 13.8 Å². The number of aliphatic hydroxyl groups is 3. The van der Waals surface area contributed by atoms with E-state index in [1.807, 2.05) is 6.92 Å². The first-order valence-electron chi connectivity index (χ1n) is 10.2. The van der Waals surface area contributed by atoms with E-state index in [1.165, 1.54) is 0 Å². The Hall–Kier alpha value is -0.450. The van der Waals surface area contributed by atoms with E-state index in [2.05, 4.69) is 6.92 Å². The van der Waals surface area contributed by atoms with E-state index in [-0.39, 0.29) is 29.1 Å². The van der Waals surface area contributed by atoms with Crippen LogP contribution in [0, 0.1) is 28.6 Å². The van der Waals surface area contributed by atoms with Gasteiger partial charge in [0.05, 0.1) is 17.3 Å². The second kappa shape index (κ2) is 5.30. The SMILES string of the molecule is CC(=O)C1CCC2(O)C1(C)CCC1C3(C)CCC(O)CC3CCC12O. The molecule has 0 aromatic heterocycles. The van der Waals surface area contributed by atoms with Crippen LogP contribution in [-0.2, 0) is 4.79 Å². The molecule has 4 saturated carbocycles. The van der Waals surface area contributed by atoms with E-state index in [0.717, 1.165) is 38.5 Å². The zero-order valence-corrected chi connectivity index (χ0v) is 15.9. The molecule has 0 aromatic rings. The van der Waals surface area contributed by atoms with Crippen molar-refractivity contribution in [3.05, 3.63) is 0 Å². The largest absolute Gasteiger partial charge is 0.393 e. The quantitative estimate of drug-likeness (QED) is 0.679. The van der Waals surface area contributed by atoms with E-state index in [1.54, 1.807) is 6.92 Å². The van der Waals surface area contributed by atoms with E-state index < -0.39 is 16.6 Å². The van der Waals surface area contributed by atoms with Crippen molar-refractivity contribution in [2.24, 2.45) is 28.6 Å². The molecule has 0 saturated heterocycles. The molecule has 142 valence electrons. The lowest BCUT2D eigenvalue weighted by atomic mass is 9.41. The maximum absolute atomic E-state index is 12.2. The summed E-state index contributed by atoms with van der Waals surface area (Å²) in [5.74, 6) is 0.511. The Bertz CT molecular complexity index is 590. The van der Waals surface area contributed by atoms with Crippen LogP contribution in [0.15, 0.2) is 0 Å². The van der Waals surface area contributed by atoms with E-state index in [9.17, 15) is 20.1 Å². The molecule has 0 heterocycles. The second-order valence-corrected chi connectivity index (χ2v) is 10.2. The van der Waals surface area contributed by atoms with Crippen molar-refractivity contribution >= 4 is 5.78 Å². The topological polar surface area (TPSA) is 77.8 Å². The van der Waals surface area contributed by atoms with Gasteiger partial charge in [-0.3, -0.25) is 4.79 Å². The lowest BCUT2D eigenvalue weighted by Gasteiger charge is -2.67. The first kappa shape index (κ1) is 17.9. The Kier molecular flexibility index (Phi) is 3.80. The summed E-state index contributed by atoms with van der Waals surface area (Å²) in [6, 6.07) is 0. The van der Waals surface area contributed by atoms with Crippen molar-refractivity contribution in [2.75, 3.05) is 0 Å². The molecule has 4 fully saturated rings. The molecule has 3 N–H and O–H groups in total. The second-order valence-electron chi connectivity index (χ2n) is 10.2. The molecule has 0 amide bonds. The van der Waals surface area contributed by atoms with Crippen LogP contribution in [0.5, 0.6) is 0 Å². The molecule has 0 radical (unpaired) electrons. The van der Waals surface area contributed by atoms with Gasteiger partial charge >= 0.3 is 0 Å². The van der Waals surface area contributed by atoms with Gasteiger partial charge in [0, 0.05) is 11.3 Å². The number of carbonyl (C=O) groups excluding carboxylic acids is 1. The van der Waals surface area contributed by atoms with Crippen molar-refractivity contribution in [2.45, 2.75) is 95.9 Å². The molecule has 4 aliphatic carbocycles. The highest BCUT2D eigenvalue weighted by atomic mass is 16.4. The fourth-order valence-electron chi connectivity index (χ4n) is 7.91. The third-order valence-electron chi connectivity index (χ3n) is 9.42. The number of Topliss-reactive ketones (excluding diaryl/α,β-unsaturated/α-hetero) is 1. The van der Waals surface area contributed by atoms with Crippen molar-refractivity contribution in [1.82, 2.24) is 0 Å². The van der Waals surface area contributed by atoms with Crippen LogP contribution in [0.2, 0.25) is 0 Å². The van der Waals surface area contributed by atoms with Gasteiger partial charge in [0.2, 0.25) is 0 Å². The maximum atomic E-state index is 12.2. The Morgan fingerprint density at radius 1 is 0.960 bits per heavy atom. The summed E-state index contributed by atoms with van der Waals surface area (Å²) in [4.78, 5) is 12.2. The Morgan fingerprint density at radius 3 is 2.36 bits per heavy atom. The van der Waals surface area contributed by atoms with E-state index in [4.69, 9.17) is 0 Å². The molecule has 4 rings (SSSR count). The highest BCUT2D eigenvalue weighted by molar-refractivity contribution is 5.80. The molecule has 0 aromatic carbocycles. The van der Waals surface area contributed by atoms with Crippen LogP contribution in [0.1, 0.15) is 78.6 Å². The summed E-state index contributed by atoms with van der Waals surface area (Å²) in [5, 5.41) is 33.9. The van der Waals surface area contributed by atoms with Gasteiger partial charge in [-0.15, -0.1) is 0 Å². The third kappa shape index (κ3) is 2.02. The van der Waals surface area contributed by atoms with Gasteiger partial charge in [0.15, 0.2) is 0 Å². The lowest BCUT2D eigenvalue weighted by Crippen LogP contribution is -2.73. The zero-order chi connectivity index (χ0) is 18.3. The number of fused-ring (bicyclic) bond motifs is 5. The first-order chi connectivity index (χ1) is 11.6. The number of aliphatic hydroxyl groups excluding tert-OH is 1. The van der Waals surface area contributed by atoms with Crippen molar-refractivity contribution in [3.63, 3.8) is 0 Å². The highest BCUT2D eigenvalue weighted by Gasteiger charge is 2.74. The van der Waals surface area contributed by atoms with Gasteiger partial charge in [0.1, 0.15) is 5.78 Å².